The molecular formula is C27H19Cl2N3O4S. The van der Waals surface area contributed by atoms with Gasteiger partial charge in [0.05, 0.1) is 20.4 Å². The van der Waals surface area contributed by atoms with Gasteiger partial charge in [0.15, 0.2) is 5.78 Å². The fourth-order valence-corrected chi connectivity index (χ4v) is 9.03. The molecule has 3 heterocycles. The Labute approximate surface area is 226 Å². The highest BCUT2D eigenvalue weighted by Gasteiger charge is 2.79. The summed E-state index contributed by atoms with van der Waals surface area (Å²) in [6, 6.07) is 17.0. The molecule has 1 N–H and O–H groups in total. The maximum atomic E-state index is 14.7. The second kappa shape index (κ2) is 7.80. The predicted octanol–water partition coefficient (Wildman–Crippen LogP) is 5.65. The summed E-state index contributed by atoms with van der Waals surface area (Å²) in [6.07, 6.45) is 0.308. The van der Waals surface area contributed by atoms with Gasteiger partial charge in [-0.1, -0.05) is 59.6 Å². The second-order valence-corrected chi connectivity index (χ2v) is 11.7. The molecule has 4 atom stereocenters. The zero-order valence-corrected chi connectivity index (χ0v) is 21.6. The molecule has 0 radical (unpaired) electrons. The molecule has 10 heteroatoms. The van der Waals surface area contributed by atoms with Gasteiger partial charge in [-0.3, -0.25) is 24.6 Å². The van der Waals surface area contributed by atoms with Crippen molar-refractivity contribution in [3.63, 3.8) is 0 Å². The van der Waals surface area contributed by atoms with E-state index in [9.17, 15) is 19.7 Å². The number of anilines is 1. The van der Waals surface area contributed by atoms with Crippen LogP contribution in [0, 0.1) is 15.5 Å². The number of carbonyl (C=O) groups is 2. The molecule has 4 aliphatic rings. The van der Waals surface area contributed by atoms with E-state index in [4.69, 9.17) is 23.2 Å². The zero-order valence-electron chi connectivity index (χ0n) is 19.2. The number of ketones is 1. The van der Waals surface area contributed by atoms with Crippen molar-refractivity contribution in [1.29, 1.82) is 0 Å². The molecule has 2 spiro atoms. The molecule has 3 aromatic rings. The van der Waals surface area contributed by atoms with Crippen molar-refractivity contribution in [3.8, 4) is 0 Å². The van der Waals surface area contributed by atoms with Gasteiger partial charge < -0.3 is 5.32 Å². The fraction of sp³-hybridized carbons (Fsp3) is 0.259. The molecule has 186 valence electrons. The standard InChI is InChI=1S/C27H19Cl2N3O4S/c28-19-7-3-6-17(23(19)29)22-21-12-37-13-31(21)27(26(22)11-14-4-1-2-5-16(14)24(26)33)18-10-15(32(35)36)8-9-20(18)30-25(27)34/h1-10,21-22H,11-13H2,(H,30,34)/t21-,22-,26-,27-/m0/s1. The quantitative estimate of drug-likeness (QED) is 0.327. The largest absolute Gasteiger partial charge is 0.324 e. The molecule has 1 aliphatic carbocycles. The normalized spacial score (nSPS) is 29.6. The summed E-state index contributed by atoms with van der Waals surface area (Å²) in [5, 5.41) is 15.5. The van der Waals surface area contributed by atoms with Crippen LogP contribution in [0.25, 0.3) is 0 Å². The molecule has 0 aromatic heterocycles. The summed E-state index contributed by atoms with van der Waals surface area (Å²) < 4.78 is 0. The van der Waals surface area contributed by atoms with E-state index in [0.717, 1.165) is 11.1 Å². The Hall–Kier alpha value is -2.91. The van der Waals surface area contributed by atoms with Crippen LogP contribution in [0.2, 0.25) is 10.0 Å². The third-order valence-corrected chi connectivity index (χ3v) is 10.4. The smallest absolute Gasteiger partial charge is 0.269 e. The highest BCUT2D eigenvalue weighted by atomic mass is 35.5. The van der Waals surface area contributed by atoms with Crippen molar-refractivity contribution < 1.29 is 14.5 Å². The minimum absolute atomic E-state index is 0.125. The highest BCUT2D eigenvalue weighted by Crippen LogP contribution is 2.71. The summed E-state index contributed by atoms with van der Waals surface area (Å²) in [6.45, 7) is 0. The summed E-state index contributed by atoms with van der Waals surface area (Å²) in [5.41, 5.74) is 0.266. The molecule has 3 aromatic carbocycles. The number of Topliss-reactive ketones (excluding diaryl/α,β-unsaturated/α-hetero) is 1. The summed E-state index contributed by atoms with van der Waals surface area (Å²) in [4.78, 5) is 42.5. The number of rotatable bonds is 2. The van der Waals surface area contributed by atoms with Crippen molar-refractivity contribution in [2.24, 2.45) is 5.41 Å². The number of benzene rings is 3. The minimum atomic E-state index is -1.45. The minimum Gasteiger partial charge on any atom is -0.324 e. The Morgan fingerprint density at radius 1 is 1.08 bits per heavy atom. The number of fused-ring (bicyclic) bond motifs is 6. The van der Waals surface area contributed by atoms with Gasteiger partial charge >= 0.3 is 0 Å². The lowest BCUT2D eigenvalue weighted by atomic mass is 9.58. The maximum absolute atomic E-state index is 14.7. The van der Waals surface area contributed by atoms with Crippen molar-refractivity contribution in [2.45, 2.75) is 23.9 Å². The molecule has 0 unspecified atom stereocenters. The summed E-state index contributed by atoms with van der Waals surface area (Å²) >= 11 is 15.0. The summed E-state index contributed by atoms with van der Waals surface area (Å²) in [5.74, 6) is 0.234. The van der Waals surface area contributed by atoms with Crippen LogP contribution in [-0.4, -0.2) is 39.2 Å². The molecule has 2 fully saturated rings. The van der Waals surface area contributed by atoms with Gasteiger partial charge in [0, 0.05) is 52.5 Å². The van der Waals surface area contributed by atoms with E-state index in [1.807, 2.05) is 30.3 Å². The Bertz CT molecular complexity index is 1560. The van der Waals surface area contributed by atoms with E-state index >= 15 is 0 Å². The molecule has 3 aliphatic heterocycles. The van der Waals surface area contributed by atoms with Crippen LogP contribution in [0.4, 0.5) is 11.4 Å². The van der Waals surface area contributed by atoms with E-state index in [1.54, 1.807) is 30.0 Å². The number of halogens is 2. The number of nitro benzene ring substituents is 1. The molecule has 37 heavy (non-hydrogen) atoms. The van der Waals surface area contributed by atoms with Gasteiger partial charge in [-0.15, -0.1) is 11.8 Å². The monoisotopic (exact) mass is 551 g/mol. The van der Waals surface area contributed by atoms with E-state index in [2.05, 4.69) is 10.2 Å². The summed E-state index contributed by atoms with van der Waals surface area (Å²) in [7, 11) is 0. The maximum Gasteiger partial charge on any atom is 0.269 e. The number of thioether (sulfide) groups is 1. The average molecular weight is 552 g/mol. The topological polar surface area (TPSA) is 92.5 Å². The Morgan fingerprint density at radius 3 is 2.68 bits per heavy atom. The number of nitro groups is 1. The Balaban J connectivity index is 1.60. The van der Waals surface area contributed by atoms with Crippen LogP contribution < -0.4 is 5.32 Å². The van der Waals surface area contributed by atoms with Crippen LogP contribution in [-0.2, 0) is 16.8 Å². The van der Waals surface area contributed by atoms with Crippen LogP contribution in [0.3, 0.4) is 0 Å². The van der Waals surface area contributed by atoms with Crippen LogP contribution in [0.15, 0.2) is 60.7 Å². The van der Waals surface area contributed by atoms with E-state index in [-0.39, 0.29) is 23.4 Å². The van der Waals surface area contributed by atoms with Gasteiger partial charge in [-0.2, -0.15) is 0 Å². The number of hydrogen-bond donors (Lipinski definition) is 1. The number of hydrogen-bond acceptors (Lipinski definition) is 6. The number of nitrogens with one attached hydrogen (secondary N) is 1. The number of nitrogens with zero attached hydrogens (tertiary/aromatic N) is 2. The third kappa shape index (κ3) is 2.69. The first-order valence-electron chi connectivity index (χ1n) is 11.8. The van der Waals surface area contributed by atoms with Crippen LogP contribution in [0.5, 0.6) is 0 Å². The molecule has 0 saturated carbocycles. The number of amides is 1. The van der Waals surface area contributed by atoms with E-state index < -0.39 is 21.8 Å². The molecule has 2 saturated heterocycles. The van der Waals surface area contributed by atoms with E-state index in [0.29, 0.717) is 44.9 Å². The van der Waals surface area contributed by atoms with Crippen molar-refractivity contribution in [3.05, 3.63) is 103 Å². The molecule has 0 bridgehead atoms. The Morgan fingerprint density at radius 2 is 1.89 bits per heavy atom. The zero-order chi connectivity index (χ0) is 25.7. The van der Waals surface area contributed by atoms with Gasteiger partial charge in [0.1, 0.15) is 5.54 Å². The first kappa shape index (κ1) is 23.2. The second-order valence-electron chi connectivity index (χ2n) is 9.94. The van der Waals surface area contributed by atoms with Crippen LogP contribution >= 0.6 is 35.0 Å². The SMILES string of the molecule is O=C1Nc2ccc([N+](=O)[O-])cc2[C@]12N1CSC[C@H]1[C@H](c1cccc(Cl)c1Cl)[C@]21Cc2ccccc2C1=O. The molecular weight excluding hydrogens is 533 g/mol. The predicted molar refractivity (Wildman–Crippen MR) is 142 cm³/mol. The van der Waals surface area contributed by atoms with Crippen molar-refractivity contribution in [1.82, 2.24) is 4.90 Å². The number of carbonyl (C=O) groups excluding carboxylic acids is 2. The highest BCUT2D eigenvalue weighted by molar-refractivity contribution is 7.99. The fourth-order valence-electron chi connectivity index (χ4n) is 7.30. The first-order chi connectivity index (χ1) is 17.8. The van der Waals surface area contributed by atoms with Crippen LogP contribution in [0.1, 0.15) is 33.0 Å². The first-order valence-corrected chi connectivity index (χ1v) is 13.7. The lowest BCUT2D eigenvalue weighted by Gasteiger charge is -2.44. The lowest BCUT2D eigenvalue weighted by molar-refractivity contribution is -0.385. The number of non-ortho nitro benzene ring substituents is 1. The lowest BCUT2D eigenvalue weighted by Crippen LogP contribution is -2.58. The third-order valence-electron chi connectivity index (χ3n) is 8.55. The Kier molecular flexibility index (Phi) is 4.90. The van der Waals surface area contributed by atoms with Crippen molar-refractivity contribution in [2.75, 3.05) is 16.9 Å². The van der Waals surface area contributed by atoms with Crippen molar-refractivity contribution >= 4 is 58.0 Å². The van der Waals surface area contributed by atoms with Gasteiger partial charge in [-0.05, 0) is 29.7 Å². The molecule has 1 amide bonds. The average Bonchev–Trinajstić information content (AvgIpc) is 3.60. The molecule has 7 rings (SSSR count). The molecule has 7 nitrogen and oxygen atoms in total. The van der Waals surface area contributed by atoms with Gasteiger partial charge in [-0.25, -0.2) is 0 Å². The van der Waals surface area contributed by atoms with Gasteiger partial charge in [0.2, 0.25) is 0 Å². The van der Waals surface area contributed by atoms with Gasteiger partial charge in [0.25, 0.3) is 11.6 Å². The van der Waals surface area contributed by atoms with E-state index in [1.165, 1.54) is 12.1 Å².